The fraction of sp³-hybridized carbons (Fsp3) is 0.316. The molecule has 0 saturated carbocycles. The predicted molar refractivity (Wildman–Crippen MR) is 95.9 cm³/mol. The second-order valence-electron chi connectivity index (χ2n) is 5.64. The highest BCUT2D eigenvalue weighted by Gasteiger charge is 2.31. The van der Waals surface area contributed by atoms with Gasteiger partial charge in [-0.25, -0.2) is 4.79 Å². The molecule has 0 aromatic heterocycles. The summed E-state index contributed by atoms with van der Waals surface area (Å²) in [5.41, 5.74) is -0.195. The van der Waals surface area contributed by atoms with E-state index in [1.54, 1.807) is 24.3 Å². The zero-order valence-corrected chi connectivity index (χ0v) is 14.4. The molecule has 2 N–H and O–H groups in total. The van der Waals surface area contributed by atoms with E-state index < -0.39 is 11.4 Å². The van der Waals surface area contributed by atoms with Crippen molar-refractivity contribution in [3.63, 3.8) is 0 Å². The van der Waals surface area contributed by atoms with Crippen molar-refractivity contribution in [2.24, 2.45) is 5.41 Å². The van der Waals surface area contributed by atoms with Gasteiger partial charge in [-0.05, 0) is 30.7 Å². The fourth-order valence-corrected chi connectivity index (χ4v) is 2.09. The molecule has 6 heteroatoms. The lowest BCUT2D eigenvalue weighted by atomic mass is 9.85. The van der Waals surface area contributed by atoms with Gasteiger partial charge in [0.05, 0.1) is 5.56 Å². The molecule has 0 aliphatic heterocycles. The highest BCUT2D eigenvalue weighted by Crippen LogP contribution is 2.22. The molecular weight excluding hydrogens is 320 g/mol. The molecule has 25 heavy (non-hydrogen) atoms. The van der Waals surface area contributed by atoms with Crippen LogP contribution in [0.3, 0.4) is 0 Å². The highest BCUT2D eigenvalue weighted by atomic mass is 16.5. The van der Waals surface area contributed by atoms with Crippen LogP contribution in [-0.2, 0) is 14.3 Å². The number of esters is 1. The average Bonchev–Trinajstić information content (AvgIpc) is 2.67. The maximum Gasteiger partial charge on any atom is 0.338 e. The van der Waals surface area contributed by atoms with E-state index in [-0.39, 0.29) is 31.5 Å². The van der Waals surface area contributed by atoms with Crippen LogP contribution in [0, 0.1) is 5.41 Å². The fourth-order valence-electron chi connectivity index (χ4n) is 2.09. The van der Waals surface area contributed by atoms with Gasteiger partial charge in [0.2, 0.25) is 11.8 Å². The van der Waals surface area contributed by atoms with Crippen molar-refractivity contribution in [2.45, 2.75) is 13.3 Å². The predicted octanol–water partition coefficient (Wildman–Crippen LogP) is 1.84. The van der Waals surface area contributed by atoms with Gasteiger partial charge >= 0.3 is 5.97 Å². The van der Waals surface area contributed by atoms with Crippen molar-refractivity contribution in [1.29, 1.82) is 0 Å². The van der Waals surface area contributed by atoms with Crippen LogP contribution in [0.4, 0.5) is 0 Å². The van der Waals surface area contributed by atoms with E-state index in [1.165, 1.54) is 12.2 Å². The lowest BCUT2D eigenvalue weighted by Crippen LogP contribution is -2.47. The van der Waals surface area contributed by atoms with Gasteiger partial charge in [-0.1, -0.05) is 38.3 Å². The summed E-state index contributed by atoms with van der Waals surface area (Å²) in [5.74, 6) is -1.12. The standard InChI is InChI=1S/C19H24N2O4/c1-4-16(22)20-12-19(6-3,13-21-17(23)5-2)14-25-18(24)15-10-8-7-9-11-15/h4-5,7-11H,1-2,6,12-14H2,3H3,(H,20,22)(H,21,23). The molecule has 6 nitrogen and oxygen atoms in total. The summed E-state index contributed by atoms with van der Waals surface area (Å²) >= 11 is 0. The van der Waals surface area contributed by atoms with Gasteiger partial charge in [0.25, 0.3) is 0 Å². The van der Waals surface area contributed by atoms with Crippen LogP contribution in [0.15, 0.2) is 55.6 Å². The first kappa shape index (κ1) is 20.2. The Bertz CT molecular complexity index is 602. The largest absolute Gasteiger partial charge is 0.461 e. The van der Waals surface area contributed by atoms with E-state index in [0.717, 1.165) is 0 Å². The number of carbonyl (C=O) groups excluding carboxylic acids is 3. The Balaban J connectivity index is 2.81. The molecule has 1 aromatic carbocycles. The third-order valence-electron chi connectivity index (χ3n) is 3.91. The van der Waals surface area contributed by atoms with E-state index in [0.29, 0.717) is 12.0 Å². The molecule has 1 rings (SSSR count). The minimum Gasteiger partial charge on any atom is -0.461 e. The SMILES string of the molecule is C=CC(=O)NCC(CC)(CNC(=O)C=C)COC(=O)c1ccccc1. The Kier molecular flexibility index (Phi) is 8.12. The Hall–Kier alpha value is -2.89. The number of nitrogens with one attached hydrogen (secondary N) is 2. The Morgan fingerprint density at radius 1 is 1.04 bits per heavy atom. The molecule has 0 heterocycles. The Labute approximate surface area is 147 Å². The Morgan fingerprint density at radius 2 is 1.56 bits per heavy atom. The molecular formula is C19H24N2O4. The Morgan fingerprint density at radius 3 is 2.00 bits per heavy atom. The third kappa shape index (κ3) is 6.63. The van der Waals surface area contributed by atoms with Gasteiger partial charge in [-0.15, -0.1) is 0 Å². The second-order valence-corrected chi connectivity index (χ2v) is 5.64. The number of ether oxygens (including phenoxy) is 1. The summed E-state index contributed by atoms with van der Waals surface area (Å²) in [6, 6.07) is 8.63. The summed E-state index contributed by atoms with van der Waals surface area (Å²) in [6.07, 6.45) is 2.90. The molecule has 0 radical (unpaired) electrons. The van der Waals surface area contributed by atoms with Crippen molar-refractivity contribution < 1.29 is 19.1 Å². The molecule has 134 valence electrons. The van der Waals surface area contributed by atoms with Crippen molar-refractivity contribution >= 4 is 17.8 Å². The minimum atomic E-state index is -0.637. The van der Waals surface area contributed by atoms with Gasteiger partial charge in [0.1, 0.15) is 6.61 Å². The normalized spacial score (nSPS) is 10.4. The van der Waals surface area contributed by atoms with E-state index in [1.807, 2.05) is 13.0 Å². The van der Waals surface area contributed by atoms with Crippen LogP contribution in [0.2, 0.25) is 0 Å². The van der Waals surface area contributed by atoms with Crippen LogP contribution in [0.25, 0.3) is 0 Å². The zero-order valence-electron chi connectivity index (χ0n) is 14.4. The topological polar surface area (TPSA) is 84.5 Å². The first-order chi connectivity index (χ1) is 12.0. The molecule has 0 atom stereocenters. The number of rotatable bonds is 10. The summed E-state index contributed by atoms with van der Waals surface area (Å²) in [7, 11) is 0. The summed E-state index contributed by atoms with van der Waals surface area (Å²) in [6.45, 7) is 9.22. The number of carbonyl (C=O) groups is 3. The number of benzene rings is 1. The zero-order chi connectivity index (χ0) is 18.7. The highest BCUT2D eigenvalue weighted by molar-refractivity contribution is 5.89. The molecule has 0 spiro atoms. The minimum absolute atomic E-state index is 0.0477. The lowest BCUT2D eigenvalue weighted by Gasteiger charge is -2.32. The quantitative estimate of drug-likeness (QED) is 0.501. The van der Waals surface area contributed by atoms with E-state index in [4.69, 9.17) is 4.74 Å². The second kappa shape index (κ2) is 10.1. The van der Waals surface area contributed by atoms with Crippen molar-refractivity contribution in [1.82, 2.24) is 10.6 Å². The number of hydrogen-bond donors (Lipinski definition) is 2. The third-order valence-corrected chi connectivity index (χ3v) is 3.91. The van der Waals surface area contributed by atoms with E-state index in [9.17, 15) is 14.4 Å². The van der Waals surface area contributed by atoms with Crippen LogP contribution >= 0.6 is 0 Å². The van der Waals surface area contributed by atoms with Crippen LogP contribution in [-0.4, -0.2) is 37.5 Å². The van der Waals surface area contributed by atoms with Gasteiger partial charge < -0.3 is 15.4 Å². The first-order valence-electron chi connectivity index (χ1n) is 7.99. The summed E-state index contributed by atoms with van der Waals surface area (Å²) in [5, 5.41) is 5.41. The average molecular weight is 344 g/mol. The molecule has 0 saturated heterocycles. The van der Waals surface area contributed by atoms with Crippen LogP contribution < -0.4 is 10.6 Å². The van der Waals surface area contributed by atoms with Gasteiger partial charge in [0, 0.05) is 18.5 Å². The maximum absolute atomic E-state index is 12.2. The van der Waals surface area contributed by atoms with E-state index in [2.05, 4.69) is 23.8 Å². The number of amides is 2. The lowest BCUT2D eigenvalue weighted by molar-refractivity contribution is -0.117. The van der Waals surface area contributed by atoms with E-state index >= 15 is 0 Å². The molecule has 0 fully saturated rings. The molecule has 0 bridgehead atoms. The molecule has 1 aromatic rings. The monoisotopic (exact) mass is 344 g/mol. The molecule has 0 aliphatic carbocycles. The first-order valence-corrected chi connectivity index (χ1v) is 7.99. The van der Waals surface area contributed by atoms with Gasteiger partial charge in [0.15, 0.2) is 0 Å². The molecule has 0 unspecified atom stereocenters. The van der Waals surface area contributed by atoms with Crippen molar-refractivity contribution in [3.05, 3.63) is 61.2 Å². The molecule has 2 amide bonds. The number of hydrogen-bond acceptors (Lipinski definition) is 4. The molecule has 0 aliphatic rings. The summed E-state index contributed by atoms with van der Waals surface area (Å²) in [4.78, 5) is 35.1. The van der Waals surface area contributed by atoms with Crippen molar-refractivity contribution in [3.8, 4) is 0 Å². The van der Waals surface area contributed by atoms with Crippen LogP contribution in [0.5, 0.6) is 0 Å². The van der Waals surface area contributed by atoms with Gasteiger partial charge in [-0.2, -0.15) is 0 Å². The van der Waals surface area contributed by atoms with Gasteiger partial charge in [-0.3, -0.25) is 9.59 Å². The smallest absolute Gasteiger partial charge is 0.338 e. The van der Waals surface area contributed by atoms with Crippen molar-refractivity contribution in [2.75, 3.05) is 19.7 Å². The summed E-state index contributed by atoms with van der Waals surface area (Å²) < 4.78 is 5.42. The maximum atomic E-state index is 12.2. The van der Waals surface area contributed by atoms with Crippen LogP contribution in [0.1, 0.15) is 23.7 Å².